The van der Waals surface area contributed by atoms with Crippen LogP contribution in [0.25, 0.3) is 11.3 Å². The summed E-state index contributed by atoms with van der Waals surface area (Å²) in [5.74, 6) is -0.233. The molecule has 0 radical (unpaired) electrons. The van der Waals surface area contributed by atoms with Gasteiger partial charge in [-0.05, 0) is 36.8 Å². The van der Waals surface area contributed by atoms with Gasteiger partial charge in [-0.2, -0.15) is 5.10 Å². The van der Waals surface area contributed by atoms with Gasteiger partial charge in [0.25, 0.3) is 11.8 Å². The first-order chi connectivity index (χ1) is 17.8. The van der Waals surface area contributed by atoms with Crippen molar-refractivity contribution in [1.29, 1.82) is 0 Å². The molecule has 0 saturated heterocycles. The Bertz CT molecular complexity index is 1500. The summed E-state index contributed by atoms with van der Waals surface area (Å²) in [4.78, 5) is 36.0. The quantitative estimate of drug-likeness (QED) is 0.446. The molecule has 188 valence electrons. The highest BCUT2D eigenvalue weighted by atomic mass is 19.1. The van der Waals surface area contributed by atoms with Gasteiger partial charge in [0.05, 0.1) is 23.8 Å². The minimum atomic E-state index is -1.01. The minimum Gasteiger partial charge on any atom is -0.489 e. The number of likely N-dealkylation sites (N-methyl/N-ethyl adjacent to an activating group) is 1. The molecule has 37 heavy (non-hydrogen) atoms. The molecular formula is C26H23FN6O4. The molecule has 1 atom stereocenters. The highest BCUT2D eigenvalue weighted by molar-refractivity contribution is 6.02. The van der Waals surface area contributed by atoms with Gasteiger partial charge in [-0.15, -0.1) is 0 Å². The van der Waals surface area contributed by atoms with E-state index >= 15 is 0 Å². The molecule has 11 heteroatoms. The fourth-order valence-corrected chi connectivity index (χ4v) is 3.93. The average molecular weight is 503 g/mol. The van der Waals surface area contributed by atoms with Gasteiger partial charge in [0.2, 0.25) is 5.82 Å². The number of benzene rings is 2. The summed E-state index contributed by atoms with van der Waals surface area (Å²) in [5, 5.41) is 6.71. The largest absolute Gasteiger partial charge is 0.489 e. The molecular weight excluding hydrogens is 479 g/mol. The summed E-state index contributed by atoms with van der Waals surface area (Å²) in [6.45, 7) is 1.63. The van der Waals surface area contributed by atoms with E-state index in [9.17, 15) is 14.0 Å². The number of ether oxygens (including phenoxy) is 2. The lowest BCUT2D eigenvalue weighted by molar-refractivity contribution is -0.120. The Balaban J connectivity index is 1.34. The van der Waals surface area contributed by atoms with Gasteiger partial charge in [0.1, 0.15) is 30.0 Å². The van der Waals surface area contributed by atoms with Crippen LogP contribution in [0.1, 0.15) is 16.2 Å². The van der Waals surface area contributed by atoms with E-state index in [0.717, 1.165) is 0 Å². The van der Waals surface area contributed by atoms with Crippen molar-refractivity contribution in [3.05, 3.63) is 78.3 Å². The van der Waals surface area contributed by atoms with Crippen LogP contribution in [-0.4, -0.2) is 51.3 Å². The number of nitrogens with zero attached hydrogens (tertiary/aromatic N) is 5. The van der Waals surface area contributed by atoms with E-state index in [1.54, 1.807) is 74.5 Å². The molecule has 5 rings (SSSR count). The number of anilines is 1. The van der Waals surface area contributed by atoms with Crippen molar-refractivity contribution < 1.29 is 23.5 Å². The molecule has 0 spiro atoms. The molecule has 0 fully saturated rings. The number of halogens is 1. The Kier molecular flexibility index (Phi) is 6.26. The minimum absolute atomic E-state index is 0.100. The maximum Gasteiger partial charge on any atom is 0.289 e. The summed E-state index contributed by atoms with van der Waals surface area (Å²) in [6.07, 6.45) is 4.74. The van der Waals surface area contributed by atoms with Crippen LogP contribution in [0, 0.1) is 12.7 Å². The Morgan fingerprint density at radius 3 is 2.73 bits per heavy atom. The van der Waals surface area contributed by atoms with Gasteiger partial charge in [-0.1, -0.05) is 12.1 Å². The van der Waals surface area contributed by atoms with E-state index in [4.69, 9.17) is 9.47 Å². The SMILES string of the molecule is Cc1cnc(C(=O)N[C@H]2COc3ccc(Oc4cnn(C)c4)cc3N(C)C2=O)nc1-c1ccccc1F. The number of carbonyl (C=O) groups excluding carboxylic acids is 2. The number of amides is 2. The van der Waals surface area contributed by atoms with Crippen molar-refractivity contribution in [2.75, 3.05) is 18.6 Å². The number of aromatic nitrogens is 4. The van der Waals surface area contributed by atoms with Crippen molar-refractivity contribution in [2.45, 2.75) is 13.0 Å². The van der Waals surface area contributed by atoms with Crippen molar-refractivity contribution in [3.63, 3.8) is 0 Å². The number of carbonyl (C=O) groups is 2. The predicted octanol–water partition coefficient (Wildman–Crippen LogP) is 3.27. The number of fused-ring (bicyclic) bond motifs is 1. The van der Waals surface area contributed by atoms with Crippen molar-refractivity contribution in [1.82, 2.24) is 25.1 Å². The standard InChI is InChI=1S/C26H23FN6O4/c1-15-11-28-24(31-23(15)18-6-4-5-7-19(18)27)25(34)30-20-14-36-22-9-8-16(10-21(22)33(3)26(20)35)37-17-12-29-32(2)13-17/h4-13,20H,14H2,1-3H3,(H,30,34)/t20-/m0/s1. The van der Waals surface area contributed by atoms with E-state index in [1.165, 1.54) is 17.2 Å². The summed E-state index contributed by atoms with van der Waals surface area (Å²) in [5.41, 5.74) is 1.64. The van der Waals surface area contributed by atoms with E-state index in [0.29, 0.717) is 34.2 Å². The molecule has 1 aliphatic heterocycles. The van der Waals surface area contributed by atoms with Crippen LogP contribution < -0.4 is 19.7 Å². The first-order valence-electron chi connectivity index (χ1n) is 11.4. The summed E-state index contributed by atoms with van der Waals surface area (Å²) >= 11 is 0. The third-order valence-corrected chi connectivity index (χ3v) is 5.85. The van der Waals surface area contributed by atoms with E-state index < -0.39 is 23.7 Å². The fourth-order valence-electron chi connectivity index (χ4n) is 3.93. The monoisotopic (exact) mass is 502 g/mol. The predicted molar refractivity (Wildman–Crippen MR) is 132 cm³/mol. The van der Waals surface area contributed by atoms with Crippen LogP contribution in [0.2, 0.25) is 0 Å². The van der Waals surface area contributed by atoms with Crippen LogP contribution in [0.15, 0.2) is 61.1 Å². The lowest BCUT2D eigenvalue weighted by atomic mass is 10.1. The Labute approximate surface area is 211 Å². The van der Waals surface area contributed by atoms with Gasteiger partial charge >= 0.3 is 0 Å². The van der Waals surface area contributed by atoms with Crippen molar-refractivity contribution >= 4 is 17.5 Å². The second kappa shape index (κ2) is 9.69. The maximum absolute atomic E-state index is 14.3. The topological polar surface area (TPSA) is 111 Å². The Morgan fingerprint density at radius 1 is 1.16 bits per heavy atom. The summed E-state index contributed by atoms with van der Waals surface area (Å²) in [6, 6.07) is 10.2. The highest BCUT2D eigenvalue weighted by Gasteiger charge is 2.32. The second-order valence-corrected chi connectivity index (χ2v) is 8.52. The fraction of sp³-hybridized carbons (Fsp3) is 0.192. The second-order valence-electron chi connectivity index (χ2n) is 8.52. The van der Waals surface area contributed by atoms with Crippen molar-refractivity contribution in [3.8, 4) is 28.5 Å². The van der Waals surface area contributed by atoms with Crippen LogP contribution >= 0.6 is 0 Å². The zero-order chi connectivity index (χ0) is 26.1. The molecule has 2 aromatic heterocycles. The molecule has 0 unspecified atom stereocenters. The van der Waals surface area contributed by atoms with Gasteiger partial charge in [0.15, 0.2) is 5.75 Å². The molecule has 0 saturated carbocycles. The lowest BCUT2D eigenvalue weighted by Gasteiger charge is -2.20. The number of aryl methyl sites for hydroxylation is 2. The number of hydrogen-bond donors (Lipinski definition) is 1. The molecule has 2 amide bonds. The molecule has 1 N–H and O–H groups in total. The third kappa shape index (κ3) is 4.83. The molecule has 0 aliphatic carbocycles. The maximum atomic E-state index is 14.3. The molecule has 0 bridgehead atoms. The van der Waals surface area contributed by atoms with Crippen molar-refractivity contribution in [2.24, 2.45) is 7.05 Å². The van der Waals surface area contributed by atoms with Gasteiger partial charge < -0.3 is 19.7 Å². The smallest absolute Gasteiger partial charge is 0.289 e. The van der Waals surface area contributed by atoms with E-state index in [1.807, 2.05) is 0 Å². The molecule has 10 nitrogen and oxygen atoms in total. The van der Waals surface area contributed by atoms with Crippen LogP contribution in [-0.2, 0) is 11.8 Å². The average Bonchev–Trinajstić information content (AvgIpc) is 3.26. The van der Waals surface area contributed by atoms with Crippen LogP contribution in [0.4, 0.5) is 10.1 Å². The molecule has 1 aliphatic rings. The van der Waals surface area contributed by atoms with Crippen LogP contribution in [0.5, 0.6) is 17.2 Å². The van der Waals surface area contributed by atoms with Gasteiger partial charge in [-0.3, -0.25) is 14.3 Å². The van der Waals surface area contributed by atoms with Gasteiger partial charge in [0, 0.05) is 31.9 Å². The Hall–Kier alpha value is -4.80. The third-order valence-electron chi connectivity index (χ3n) is 5.85. The first kappa shape index (κ1) is 23.9. The zero-order valence-electron chi connectivity index (χ0n) is 20.3. The van der Waals surface area contributed by atoms with Crippen LogP contribution in [0.3, 0.4) is 0 Å². The Morgan fingerprint density at radius 2 is 1.97 bits per heavy atom. The zero-order valence-corrected chi connectivity index (χ0v) is 20.3. The lowest BCUT2D eigenvalue weighted by Crippen LogP contribution is -2.49. The molecule has 2 aromatic carbocycles. The number of nitrogens with one attached hydrogen (secondary N) is 1. The van der Waals surface area contributed by atoms with E-state index in [2.05, 4.69) is 20.4 Å². The van der Waals surface area contributed by atoms with Gasteiger partial charge in [-0.25, -0.2) is 14.4 Å². The summed E-state index contributed by atoms with van der Waals surface area (Å²) < 4.78 is 27.6. The van der Waals surface area contributed by atoms with E-state index in [-0.39, 0.29) is 18.0 Å². The molecule has 4 aromatic rings. The normalized spacial score (nSPS) is 15.0. The first-order valence-corrected chi connectivity index (χ1v) is 11.4. The summed E-state index contributed by atoms with van der Waals surface area (Å²) in [7, 11) is 3.36. The molecule has 3 heterocycles. The number of rotatable bonds is 5. The highest BCUT2D eigenvalue weighted by Crippen LogP contribution is 2.35. The number of hydrogen-bond acceptors (Lipinski definition) is 7.